The van der Waals surface area contributed by atoms with Gasteiger partial charge in [0.2, 0.25) is 0 Å². The van der Waals surface area contributed by atoms with E-state index in [4.69, 9.17) is 0 Å². The maximum Gasteiger partial charge on any atom is 0.0608 e. The molecule has 5 aromatic rings. The molecule has 3 aromatic carbocycles. The second-order valence-corrected chi connectivity index (χ2v) is 7.09. The van der Waals surface area contributed by atoms with E-state index in [0.29, 0.717) is 5.92 Å². The van der Waals surface area contributed by atoms with Crippen LogP contribution in [-0.4, -0.2) is 9.38 Å². The average Bonchev–Trinajstić information content (AvgIpc) is 3.18. The summed E-state index contributed by atoms with van der Waals surface area (Å²) >= 11 is 0. The normalized spacial score (nSPS) is 10.6. The Morgan fingerprint density at radius 1 is 0.931 bits per heavy atom. The van der Waals surface area contributed by atoms with Gasteiger partial charge in [0.25, 0.3) is 0 Å². The molecule has 146 valence electrons. The van der Waals surface area contributed by atoms with Crippen LogP contribution in [0.5, 0.6) is 0 Å². The van der Waals surface area contributed by atoms with Gasteiger partial charge in [0.15, 0.2) is 0 Å². The van der Waals surface area contributed by atoms with Crippen LogP contribution in [0.2, 0.25) is 0 Å². The maximum absolute atomic E-state index is 4.54. The van der Waals surface area contributed by atoms with Crippen molar-refractivity contribution >= 4 is 27.3 Å². The number of nitrogens with zero attached hydrogens (tertiary/aromatic N) is 2. The zero-order chi connectivity index (χ0) is 17.7. The van der Waals surface area contributed by atoms with Gasteiger partial charge in [0.1, 0.15) is 0 Å². The second-order valence-electron chi connectivity index (χ2n) is 7.09. The fraction of sp³-hybridized carbons (Fsp3) is 0.120. The minimum atomic E-state index is 0. The third-order valence-electron chi connectivity index (χ3n) is 5.18. The van der Waals surface area contributed by atoms with Crippen LogP contribution in [0, 0.1) is 13.5 Å². The first kappa shape index (κ1) is 23.9. The van der Waals surface area contributed by atoms with E-state index in [-0.39, 0.29) is 60.2 Å². The van der Waals surface area contributed by atoms with Gasteiger partial charge in [-0.05, 0) is 34.1 Å². The summed E-state index contributed by atoms with van der Waals surface area (Å²) in [7, 11) is 0. The molecule has 2 heterocycles. The molecule has 29 heavy (non-hydrogen) atoms. The standard InChI is InChI=1S/C24H19N2.CH3.Ir.Y/c1-16(2)17-7-9-18(10-8-17)19-11-12-23-22(15-19)20-5-3-4-6-21(20)24-25-13-14-26(23)24;;;/h3-5,7-16H,1-2H3;1H3;;/q2*-1;;. The van der Waals surface area contributed by atoms with Gasteiger partial charge in [0.05, 0.1) is 5.65 Å². The summed E-state index contributed by atoms with van der Waals surface area (Å²) in [5.74, 6) is 0.551. The molecule has 0 bridgehead atoms. The van der Waals surface area contributed by atoms with Crippen molar-refractivity contribution in [3.8, 4) is 11.1 Å². The molecular formula is C25H22IrN2Y-2. The number of hydrogen-bond donors (Lipinski definition) is 0. The smallest absolute Gasteiger partial charge is 0.0608 e. The molecule has 0 saturated carbocycles. The second kappa shape index (κ2) is 9.62. The summed E-state index contributed by atoms with van der Waals surface area (Å²) in [5.41, 5.74) is 5.98. The quantitative estimate of drug-likeness (QED) is 0.157. The summed E-state index contributed by atoms with van der Waals surface area (Å²) in [5, 5.41) is 3.49. The molecule has 2 radical (unpaired) electrons. The minimum Gasteiger partial charge on any atom is -0.358 e. The first-order valence-corrected chi connectivity index (χ1v) is 9.02. The molecule has 5 rings (SSSR count). The Morgan fingerprint density at radius 2 is 1.66 bits per heavy atom. The van der Waals surface area contributed by atoms with Gasteiger partial charge < -0.3 is 11.8 Å². The van der Waals surface area contributed by atoms with Crippen molar-refractivity contribution in [1.82, 2.24) is 9.38 Å². The number of hydrogen-bond acceptors (Lipinski definition) is 1. The third kappa shape index (κ3) is 4.12. The zero-order valence-corrected chi connectivity index (χ0v) is 22.0. The van der Waals surface area contributed by atoms with Crippen molar-refractivity contribution in [3.63, 3.8) is 0 Å². The molecule has 0 fully saturated rings. The van der Waals surface area contributed by atoms with Crippen LogP contribution in [0.4, 0.5) is 0 Å². The van der Waals surface area contributed by atoms with E-state index in [1.165, 1.54) is 33.0 Å². The molecule has 0 saturated heterocycles. The molecule has 0 amide bonds. The molecule has 0 N–H and O–H groups in total. The molecule has 0 spiro atoms. The fourth-order valence-corrected chi connectivity index (χ4v) is 3.73. The van der Waals surface area contributed by atoms with E-state index in [1.54, 1.807) is 0 Å². The average molecular weight is 632 g/mol. The Hall–Kier alpha value is -1.38. The zero-order valence-electron chi connectivity index (χ0n) is 16.8. The van der Waals surface area contributed by atoms with Gasteiger partial charge in [-0.2, -0.15) is 0 Å². The number of aromatic nitrogens is 2. The van der Waals surface area contributed by atoms with Crippen LogP contribution in [0.15, 0.2) is 73.1 Å². The van der Waals surface area contributed by atoms with E-state index in [1.807, 2.05) is 24.5 Å². The Bertz CT molecular complexity index is 1260. The van der Waals surface area contributed by atoms with E-state index in [9.17, 15) is 0 Å². The van der Waals surface area contributed by atoms with E-state index in [0.717, 1.165) is 11.0 Å². The monoisotopic (exact) mass is 632 g/mol. The Morgan fingerprint density at radius 3 is 2.38 bits per heavy atom. The van der Waals surface area contributed by atoms with Crippen LogP contribution in [0.3, 0.4) is 0 Å². The molecule has 2 aromatic heterocycles. The largest absolute Gasteiger partial charge is 0.358 e. The Kier molecular flexibility index (Phi) is 7.93. The molecule has 0 aliphatic rings. The van der Waals surface area contributed by atoms with Crippen molar-refractivity contribution in [3.05, 3.63) is 92.1 Å². The van der Waals surface area contributed by atoms with E-state index in [2.05, 4.69) is 77.8 Å². The first-order valence-electron chi connectivity index (χ1n) is 9.02. The van der Waals surface area contributed by atoms with Crippen molar-refractivity contribution in [2.75, 3.05) is 0 Å². The summed E-state index contributed by atoms with van der Waals surface area (Å²) in [4.78, 5) is 4.54. The van der Waals surface area contributed by atoms with Crippen molar-refractivity contribution in [2.24, 2.45) is 0 Å². The van der Waals surface area contributed by atoms with Gasteiger partial charge in [-0.1, -0.05) is 55.6 Å². The number of rotatable bonds is 2. The van der Waals surface area contributed by atoms with E-state index >= 15 is 0 Å². The van der Waals surface area contributed by atoms with Gasteiger partial charge in [-0.15, -0.1) is 29.7 Å². The van der Waals surface area contributed by atoms with Crippen molar-refractivity contribution < 1.29 is 52.8 Å². The molecule has 0 aliphatic carbocycles. The van der Waals surface area contributed by atoms with Crippen molar-refractivity contribution in [2.45, 2.75) is 19.8 Å². The number of fused-ring (bicyclic) bond motifs is 6. The van der Waals surface area contributed by atoms with Crippen LogP contribution in [0.25, 0.3) is 38.4 Å². The molecule has 4 heteroatoms. The van der Waals surface area contributed by atoms with Gasteiger partial charge in [-0.3, -0.25) is 4.98 Å². The molecular weight excluding hydrogens is 609 g/mol. The fourth-order valence-electron chi connectivity index (χ4n) is 3.73. The molecule has 0 atom stereocenters. The predicted molar refractivity (Wildman–Crippen MR) is 115 cm³/mol. The van der Waals surface area contributed by atoms with E-state index < -0.39 is 0 Å². The first-order chi connectivity index (χ1) is 12.7. The molecule has 2 nitrogen and oxygen atoms in total. The van der Waals surface area contributed by atoms with Crippen molar-refractivity contribution in [1.29, 1.82) is 0 Å². The number of benzene rings is 3. The minimum absolute atomic E-state index is 0. The molecule has 0 aliphatic heterocycles. The van der Waals surface area contributed by atoms with Crippen LogP contribution in [-0.2, 0) is 52.8 Å². The summed E-state index contributed by atoms with van der Waals surface area (Å²) < 4.78 is 2.15. The Labute approximate surface area is 211 Å². The topological polar surface area (TPSA) is 17.3 Å². The number of imidazole rings is 1. The SMILES string of the molecule is CC(C)c1ccc(-c2ccc3c(c2)c2ccc[c-]c2c2nccn32)cc1.[CH3-].[Ir].[Y]. The maximum atomic E-state index is 4.54. The van der Waals surface area contributed by atoms with Crippen LogP contribution < -0.4 is 0 Å². The predicted octanol–water partition coefficient (Wildman–Crippen LogP) is 6.68. The van der Waals surface area contributed by atoms with Gasteiger partial charge in [0, 0.05) is 70.7 Å². The summed E-state index contributed by atoms with van der Waals surface area (Å²) in [6.45, 7) is 4.45. The Balaban J connectivity index is 0.000001000. The number of pyridine rings is 1. The van der Waals surface area contributed by atoms with Gasteiger partial charge >= 0.3 is 0 Å². The van der Waals surface area contributed by atoms with Crippen LogP contribution in [0.1, 0.15) is 25.3 Å². The third-order valence-corrected chi connectivity index (χ3v) is 5.18. The van der Waals surface area contributed by atoms with Crippen LogP contribution >= 0.6 is 0 Å². The molecule has 0 unspecified atom stereocenters. The summed E-state index contributed by atoms with van der Waals surface area (Å²) in [6, 6.07) is 25.1. The van der Waals surface area contributed by atoms with Gasteiger partial charge in [-0.25, -0.2) is 0 Å². The summed E-state index contributed by atoms with van der Waals surface area (Å²) in [6.07, 6.45) is 3.88.